The number of imide groups is 1. The standard InChI is InChI=1S/C34H27Br2ClN2O5/c1-17-6-11-29-23(12-17)26(34(43)44-18(2)31(40)20-4-3-5-21(37)13-20)16-30(38-29)19-7-9-22(10-8-19)39-32(41)24-14-27(35)28(36)15-25(24)33(39)42/h3-13,16,18,24-25,27-28H,14-15H2,1-2H3. The summed E-state index contributed by atoms with van der Waals surface area (Å²) in [6, 6.07) is 20.7. The minimum atomic E-state index is -1.05. The quantitative estimate of drug-likeness (QED) is 0.0871. The molecule has 2 heterocycles. The third kappa shape index (κ3) is 5.73. The number of anilines is 1. The van der Waals surface area contributed by atoms with Crippen LogP contribution in [0.15, 0.2) is 72.8 Å². The van der Waals surface area contributed by atoms with Crippen molar-refractivity contribution < 1.29 is 23.9 Å². The van der Waals surface area contributed by atoms with Crippen LogP contribution < -0.4 is 4.90 Å². The number of ketones is 1. The van der Waals surface area contributed by atoms with Gasteiger partial charge in [-0.3, -0.25) is 19.3 Å². The first kappa shape index (κ1) is 30.6. The Hall–Kier alpha value is -3.40. The number of pyridine rings is 1. The third-order valence-corrected chi connectivity index (χ3v) is 11.2. The molecule has 0 bridgehead atoms. The second kappa shape index (κ2) is 12.2. The van der Waals surface area contributed by atoms with Gasteiger partial charge in [0.2, 0.25) is 17.6 Å². The lowest BCUT2D eigenvalue weighted by Gasteiger charge is -2.29. The predicted molar refractivity (Wildman–Crippen MR) is 177 cm³/mol. The van der Waals surface area contributed by atoms with Crippen molar-refractivity contribution in [3.05, 3.63) is 94.5 Å². The highest BCUT2D eigenvalue weighted by atomic mass is 79.9. The third-order valence-electron chi connectivity index (χ3n) is 8.28. The van der Waals surface area contributed by atoms with Crippen LogP contribution in [0.1, 0.15) is 46.0 Å². The van der Waals surface area contributed by atoms with Crippen molar-refractivity contribution in [1.82, 2.24) is 4.98 Å². The Morgan fingerprint density at radius 1 is 0.932 bits per heavy atom. The van der Waals surface area contributed by atoms with Gasteiger partial charge in [0, 0.05) is 31.2 Å². The number of carbonyl (C=O) groups is 4. The minimum Gasteiger partial charge on any atom is -0.451 e. The SMILES string of the molecule is Cc1ccc2nc(-c3ccc(N4C(=O)C5CC(Br)C(Br)CC5C4=O)cc3)cc(C(=O)OC(C)C(=O)c3cccc(Cl)c3)c2c1. The molecule has 5 atom stereocenters. The summed E-state index contributed by atoms with van der Waals surface area (Å²) in [6.07, 6.45) is 0.153. The number of Topliss-reactive ketones (excluding diaryl/α,β-unsaturated/α-hetero) is 1. The zero-order chi connectivity index (χ0) is 31.3. The van der Waals surface area contributed by atoms with Gasteiger partial charge in [0.25, 0.3) is 0 Å². The smallest absolute Gasteiger partial charge is 0.339 e. The summed E-state index contributed by atoms with van der Waals surface area (Å²) >= 11 is 13.3. The number of ether oxygens (including phenoxy) is 1. The summed E-state index contributed by atoms with van der Waals surface area (Å²) in [4.78, 5) is 59.4. The van der Waals surface area contributed by atoms with E-state index in [9.17, 15) is 19.2 Å². The van der Waals surface area contributed by atoms with E-state index < -0.39 is 12.1 Å². The highest BCUT2D eigenvalue weighted by molar-refractivity contribution is 9.12. The molecule has 44 heavy (non-hydrogen) atoms. The molecule has 7 nitrogen and oxygen atoms in total. The van der Waals surface area contributed by atoms with Gasteiger partial charge < -0.3 is 4.74 Å². The molecule has 224 valence electrons. The van der Waals surface area contributed by atoms with Gasteiger partial charge in [-0.25, -0.2) is 9.78 Å². The molecular weight excluding hydrogens is 712 g/mol. The molecular formula is C34H27Br2ClN2O5. The summed E-state index contributed by atoms with van der Waals surface area (Å²) < 4.78 is 5.66. The summed E-state index contributed by atoms with van der Waals surface area (Å²) in [5.74, 6) is -2.06. The van der Waals surface area contributed by atoms with Crippen molar-refractivity contribution in [2.24, 2.45) is 11.8 Å². The maximum atomic E-state index is 13.5. The molecule has 2 aliphatic rings. The number of hydrogen-bond acceptors (Lipinski definition) is 6. The van der Waals surface area contributed by atoms with E-state index in [2.05, 4.69) is 31.9 Å². The number of aryl methyl sites for hydroxylation is 1. The van der Waals surface area contributed by atoms with Crippen molar-refractivity contribution in [3.8, 4) is 11.3 Å². The van der Waals surface area contributed by atoms with E-state index in [4.69, 9.17) is 21.3 Å². The zero-order valence-corrected chi connectivity index (χ0v) is 27.7. The van der Waals surface area contributed by atoms with E-state index >= 15 is 0 Å². The molecule has 2 fully saturated rings. The van der Waals surface area contributed by atoms with Crippen molar-refractivity contribution in [1.29, 1.82) is 0 Å². The summed E-state index contributed by atoms with van der Waals surface area (Å²) in [5.41, 5.74) is 3.83. The lowest BCUT2D eigenvalue weighted by molar-refractivity contribution is -0.122. The van der Waals surface area contributed by atoms with Gasteiger partial charge in [-0.1, -0.05) is 79.4 Å². The Morgan fingerprint density at radius 2 is 1.59 bits per heavy atom. The van der Waals surface area contributed by atoms with Gasteiger partial charge in [0.05, 0.1) is 34.3 Å². The number of esters is 1. The van der Waals surface area contributed by atoms with Crippen LogP contribution in [-0.2, 0) is 14.3 Å². The number of amides is 2. The first-order chi connectivity index (χ1) is 21.0. The van der Waals surface area contributed by atoms with Gasteiger partial charge in [-0.15, -0.1) is 0 Å². The Bertz CT molecular complexity index is 1800. The van der Waals surface area contributed by atoms with Crippen LogP contribution in [0.5, 0.6) is 0 Å². The molecule has 1 aliphatic heterocycles. The minimum absolute atomic E-state index is 0.129. The van der Waals surface area contributed by atoms with Crippen LogP contribution >= 0.6 is 43.5 Å². The Labute approximate surface area is 276 Å². The molecule has 1 aromatic heterocycles. The van der Waals surface area contributed by atoms with Crippen molar-refractivity contribution >= 4 is 83.6 Å². The summed E-state index contributed by atoms with van der Waals surface area (Å²) in [6.45, 7) is 3.45. The number of nitrogens with zero attached hydrogens (tertiary/aromatic N) is 2. The largest absolute Gasteiger partial charge is 0.451 e. The number of alkyl halides is 2. The number of fused-ring (bicyclic) bond motifs is 2. The Morgan fingerprint density at radius 3 is 2.23 bits per heavy atom. The Kier molecular flexibility index (Phi) is 8.48. The van der Waals surface area contributed by atoms with Crippen LogP contribution in [0.3, 0.4) is 0 Å². The topological polar surface area (TPSA) is 93.6 Å². The number of aromatic nitrogens is 1. The Balaban J connectivity index is 1.29. The number of benzene rings is 3. The highest BCUT2D eigenvalue weighted by Crippen LogP contribution is 2.44. The zero-order valence-electron chi connectivity index (χ0n) is 23.8. The lowest BCUT2D eigenvalue weighted by Crippen LogP contribution is -2.34. The lowest BCUT2D eigenvalue weighted by atomic mass is 9.81. The van der Waals surface area contributed by atoms with E-state index in [-0.39, 0.29) is 44.7 Å². The molecule has 1 saturated carbocycles. The van der Waals surface area contributed by atoms with Gasteiger partial charge >= 0.3 is 5.97 Å². The van der Waals surface area contributed by atoms with E-state index in [0.29, 0.717) is 51.3 Å². The van der Waals surface area contributed by atoms with E-state index in [1.165, 1.54) is 17.9 Å². The molecule has 10 heteroatoms. The van der Waals surface area contributed by atoms with E-state index in [0.717, 1.165) is 5.56 Å². The summed E-state index contributed by atoms with van der Waals surface area (Å²) in [5, 5.41) is 1.02. The van der Waals surface area contributed by atoms with Crippen molar-refractivity contribution in [2.45, 2.75) is 42.4 Å². The molecule has 5 unspecified atom stereocenters. The van der Waals surface area contributed by atoms with Crippen molar-refractivity contribution in [3.63, 3.8) is 0 Å². The van der Waals surface area contributed by atoms with E-state index in [1.54, 1.807) is 48.5 Å². The molecule has 1 saturated heterocycles. The van der Waals surface area contributed by atoms with Crippen molar-refractivity contribution in [2.75, 3.05) is 4.90 Å². The maximum Gasteiger partial charge on any atom is 0.339 e. The van der Waals surface area contributed by atoms with Crippen LogP contribution in [0.4, 0.5) is 5.69 Å². The molecule has 4 aromatic rings. The fraction of sp³-hybridized carbons (Fsp3) is 0.265. The maximum absolute atomic E-state index is 13.5. The first-order valence-electron chi connectivity index (χ1n) is 14.2. The van der Waals surface area contributed by atoms with Crippen LogP contribution in [0, 0.1) is 18.8 Å². The highest BCUT2D eigenvalue weighted by Gasteiger charge is 2.52. The first-order valence-corrected chi connectivity index (χ1v) is 16.4. The normalized spacial score (nSPS) is 22.2. The number of hydrogen-bond donors (Lipinski definition) is 0. The fourth-order valence-corrected chi connectivity index (χ4v) is 7.37. The van der Waals surface area contributed by atoms with Crippen LogP contribution in [-0.4, -0.2) is 44.3 Å². The van der Waals surface area contributed by atoms with Gasteiger partial charge in [-0.2, -0.15) is 0 Å². The monoisotopic (exact) mass is 736 g/mol. The molecule has 0 radical (unpaired) electrons. The van der Waals surface area contributed by atoms with Gasteiger partial charge in [0.15, 0.2) is 6.10 Å². The number of rotatable bonds is 6. The number of carbonyl (C=O) groups excluding carboxylic acids is 4. The average Bonchev–Trinajstić information content (AvgIpc) is 3.24. The summed E-state index contributed by atoms with van der Waals surface area (Å²) in [7, 11) is 0. The fourth-order valence-electron chi connectivity index (χ4n) is 5.94. The molecule has 0 spiro atoms. The van der Waals surface area contributed by atoms with Gasteiger partial charge in [0.1, 0.15) is 0 Å². The van der Waals surface area contributed by atoms with E-state index in [1.807, 2.05) is 25.1 Å². The average molecular weight is 739 g/mol. The van der Waals surface area contributed by atoms with Crippen LogP contribution in [0.2, 0.25) is 5.02 Å². The second-order valence-electron chi connectivity index (χ2n) is 11.3. The number of halogens is 3. The van der Waals surface area contributed by atoms with Gasteiger partial charge in [-0.05, 0) is 69.2 Å². The van der Waals surface area contributed by atoms with Crippen LogP contribution in [0.25, 0.3) is 22.2 Å². The predicted octanol–water partition coefficient (Wildman–Crippen LogP) is 7.72. The molecule has 3 aromatic carbocycles. The molecule has 1 aliphatic carbocycles. The molecule has 2 amide bonds. The molecule has 0 N–H and O–H groups in total. The second-order valence-corrected chi connectivity index (χ2v) is 14.1. The molecule has 6 rings (SSSR count).